The zero-order valence-corrected chi connectivity index (χ0v) is 16.4. The van der Waals surface area contributed by atoms with Gasteiger partial charge in [0.2, 0.25) is 0 Å². The molecule has 0 fully saturated rings. The number of nitrogens with one attached hydrogen (secondary N) is 1. The Morgan fingerprint density at radius 2 is 1.82 bits per heavy atom. The monoisotopic (exact) mass is 388 g/mol. The summed E-state index contributed by atoms with van der Waals surface area (Å²) in [5.74, 6) is -1.77. The van der Waals surface area contributed by atoms with Crippen molar-refractivity contribution in [1.29, 1.82) is 0 Å². The summed E-state index contributed by atoms with van der Waals surface area (Å²) < 4.78 is 29.0. The number of benzene rings is 1. The van der Waals surface area contributed by atoms with Crippen LogP contribution in [0.2, 0.25) is 0 Å². The van der Waals surface area contributed by atoms with Gasteiger partial charge < -0.3 is 9.88 Å². The van der Waals surface area contributed by atoms with E-state index < -0.39 is 23.1 Å². The van der Waals surface area contributed by atoms with Crippen molar-refractivity contribution < 1.29 is 13.6 Å². The maximum absolute atomic E-state index is 14.2. The number of carbonyl (C=O) groups excluding carboxylic acids is 1. The molecule has 1 aromatic heterocycles. The van der Waals surface area contributed by atoms with E-state index in [1.807, 2.05) is 13.8 Å². The van der Waals surface area contributed by atoms with Crippen molar-refractivity contribution in [2.24, 2.45) is 0 Å². The Balaban J connectivity index is 2.12. The number of rotatable bonds is 4. The highest BCUT2D eigenvalue weighted by atomic mass is 19.1. The van der Waals surface area contributed by atoms with E-state index in [-0.39, 0.29) is 23.7 Å². The molecule has 1 amide bonds. The summed E-state index contributed by atoms with van der Waals surface area (Å²) in [4.78, 5) is 25.7. The Labute approximate surface area is 163 Å². The number of pyridine rings is 1. The first-order valence-electron chi connectivity index (χ1n) is 9.87. The van der Waals surface area contributed by atoms with Crippen molar-refractivity contribution >= 4 is 5.91 Å². The van der Waals surface area contributed by atoms with E-state index in [0.29, 0.717) is 6.42 Å². The maximum Gasteiger partial charge on any atom is 0.263 e. The lowest BCUT2D eigenvalue weighted by atomic mass is 9.95. The van der Waals surface area contributed by atoms with E-state index >= 15 is 0 Å². The molecule has 0 atom stereocenters. The van der Waals surface area contributed by atoms with Crippen LogP contribution in [-0.4, -0.2) is 16.5 Å². The molecule has 1 N–H and O–H groups in total. The van der Waals surface area contributed by atoms with E-state index in [0.717, 1.165) is 49.4 Å². The third-order valence-corrected chi connectivity index (χ3v) is 5.11. The van der Waals surface area contributed by atoms with Crippen LogP contribution in [0.5, 0.6) is 0 Å². The second kappa shape index (κ2) is 8.67. The molecule has 3 rings (SSSR count). The standard InChI is InChI=1S/C22H26F2N2O2/c1-14(2)25-21(27)18-11-15-7-5-3-4-6-8-20(15)26(22(18)28)13-16-9-10-17(23)12-19(16)24/h9-12,14H,3-8,13H2,1-2H3,(H,25,27). The molecule has 1 aliphatic carbocycles. The van der Waals surface area contributed by atoms with Gasteiger partial charge in [0.25, 0.3) is 11.5 Å². The van der Waals surface area contributed by atoms with Gasteiger partial charge in [0.1, 0.15) is 17.2 Å². The molecule has 0 aliphatic heterocycles. The van der Waals surface area contributed by atoms with Crippen molar-refractivity contribution in [2.75, 3.05) is 0 Å². The largest absolute Gasteiger partial charge is 0.350 e. The molecule has 0 radical (unpaired) electrons. The van der Waals surface area contributed by atoms with Gasteiger partial charge in [-0.2, -0.15) is 0 Å². The zero-order chi connectivity index (χ0) is 20.3. The Kier molecular flexibility index (Phi) is 6.27. The minimum Gasteiger partial charge on any atom is -0.350 e. The summed E-state index contributed by atoms with van der Waals surface area (Å²) in [6.45, 7) is 3.64. The predicted molar refractivity (Wildman–Crippen MR) is 105 cm³/mol. The van der Waals surface area contributed by atoms with Crippen LogP contribution < -0.4 is 10.9 Å². The number of nitrogens with zero attached hydrogens (tertiary/aromatic N) is 1. The smallest absolute Gasteiger partial charge is 0.263 e. The molecule has 0 unspecified atom stereocenters. The molecule has 4 nitrogen and oxygen atoms in total. The topological polar surface area (TPSA) is 51.1 Å². The van der Waals surface area contributed by atoms with Crippen molar-refractivity contribution in [3.8, 4) is 0 Å². The van der Waals surface area contributed by atoms with Crippen LogP contribution in [0.4, 0.5) is 8.78 Å². The third kappa shape index (κ3) is 4.49. The summed E-state index contributed by atoms with van der Waals surface area (Å²) in [5.41, 5.74) is 1.70. The molecule has 1 heterocycles. The van der Waals surface area contributed by atoms with E-state index in [4.69, 9.17) is 0 Å². The van der Waals surface area contributed by atoms with Crippen LogP contribution in [0.3, 0.4) is 0 Å². The second-order valence-corrected chi connectivity index (χ2v) is 7.70. The van der Waals surface area contributed by atoms with Gasteiger partial charge >= 0.3 is 0 Å². The number of hydrogen-bond donors (Lipinski definition) is 1. The van der Waals surface area contributed by atoms with Crippen LogP contribution in [0.15, 0.2) is 29.1 Å². The fraction of sp³-hybridized carbons (Fsp3) is 0.455. The van der Waals surface area contributed by atoms with Crippen molar-refractivity contribution in [2.45, 2.75) is 65.0 Å². The van der Waals surface area contributed by atoms with E-state index in [2.05, 4.69) is 5.32 Å². The summed E-state index contributed by atoms with van der Waals surface area (Å²) in [6, 6.07) is 4.96. The molecule has 0 spiro atoms. The van der Waals surface area contributed by atoms with Crippen LogP contribution in [0.1, 0.15) is 66.7 Å². The zero-order valence-electron chi connectivity index (χ0n) is 16.4. The Bertz CT molecular complexity index is 935. The van der Waals surface area contributed by atoms with Crippen molar-refractivity contribution in [3.63, 3.8) is 0 Å². The summed E-state index contributed by atoms with van der Waals surface area (Å²) in [7, 11) is 0. The van der Waals surface area contributed by atoms with Gasteiger partial charge in [0.15, 0.2) is 0 Å². The second-order valence-electron chi connectivity index (χ2n) is 7.70. The number of halogens is 2. The number of fused-ring (bicyclic) bond motifs is 1. The number of amides is 1. The molecule has 0 saturated heterocycles. The van der Waals surface area contributed by atoms with Gasteiger partial charge in [0, 0.05) is 23.4 Å². The quantitative estimate of drug-likeness (QED) is 0.862. The Morgan fingerprint density at radius 3 is 2.50 bits per heavy atom. The van der Waals surface area contributed by atoms with Crippen LogP contribution in [0.25, 0.3) is 0 Å². The van der Waals surface area contributed by atoms with Gasteiger partial charge in [-0.1, -0.05) is 18.9 Å². The van der Waals surface area contributed by atoms with Gasteiger partial charge in [-0.25, -0.2) is 8.78 Å². The molecule has 0 saturated carbocycles. The highest BCUT2D eigenvalue weighted by molar-refractivity contribution is 5.94. The van der Waals surface area contributed by atoms with Gasteiger partial charge in [-0.05, 0) is 57.2 Å². The molecule has 28 heavy (non-hydrogen) atoms. The van der Waals surface area contributed by atoms with Crippen LogP contribution in [0, 0.1) is 11.6 Å². The highest BCUT2D eigenvalue weighted by Gasteiger charge is 2.21. The van der Waals surface area contributed by atoms with Crippen molar-refractivity contribution in [1.82, 2.24) is 9.88 Å². The number of aryl methyl sites for hydroxylation is 1. The highest BCUT2D eigenvalue weighted by Crippen LogP contribution is 2.22. The molecule has 1 aliphatic rings. The predicted octanol–water partition coefficient (Wildman–Crippen LogP) is 3.97. The maximum atomic E-state index is 14.2. The van der Waals surface area contributed by atoms with Crippen LogP contribution >= 0.6 is 0 Å². The Hall–Kier alpha value is -2.50. The number of hydrogen-bond acceptors (Lipinski definition) is 2. The molecule has 1 aromatic carbocycles. The SMILES string of the molecule is CC(C)NC(=O)c1cc2c(n(Cc3ccc(F)cc3F)c1=O)CCCCCC2. The minimum absolute atomic E-state index is 0.0178. The molecule has 6 heteroatoms. The van der Waals surface area contributed by atoms with E-state index in [9.17, 15) is 18.4 Å². The molecular weight excluding hydrogens is 362 g/mol. The number of carbonyl (C=O) groups is 1. The first-order chi connectivity index (χ1) is 13.4. The van der Waals surface area contributed by atoms with Crippen LogP contribution in [-0.2, 0) is 19.4 Å². The number of aromatic nitrogens is 1. The normalized spacial score (nSPS) is 14.3. The molecule has 150 valence electrons. The molecular formula is C22H26F2N2O2. The average molecular weight is 388 g/mol. The molecule has 2 aromatic rings. The fourth-order valence-electron chi connectivity index (χ4n) is 3.72. The molecule has 0 bridgehead atoms. The lowest BCUT2D eigenvalue weighted by molar-refractivity contribution is 0.0940. The lowest BCUT2D eigenvalue weighted by Crippen LogP contribution is -2.38. The van der Waals surface area contributed by atoms with E-state index in [1.54, 1.807) is 6.07 Å². The first kappa shape index (κ1) is 20.2. The van der Waals surface area contributed by atoms with Gasteiger partial charge in [0.05, 0.1) is 6.54 Å². The fourth-order valence-corrected chi connectivity index (χ4v) is 3.72. The minimum atomic E-state index is -0.691. The summed E-state index contributed by atoms with van der Waals surface area (Å²) >= 11 is 0. The van der Waals surface area contributed by atoms with Gasteiger partial charge in [-0.3, -0.25) is 9.59 Å². The van der Waals surface area contributed by atoms with E-state index in [1.165, 1.54) is 16.7 Å². The Morgan fingerprint density at radius 1 is 1.11 bits per heavy atom. The van der Waals surface area contributed by atoms with Crippen molar-refractivity contribution in [3.05, 3.63) is 68.6 Å². The average Bonchev–Trinajstić information content (AvgIpc) is 2.59. The van der Waals surface area contributed by atoms with Gasteiger partial charge in [-0.15, -0.1) is 0 Å². The lowest BCUT2D eigenvalue weighted by Gasteiger charge is -2.21. The summed E-state index contributed by atoms with van der Waals surface area (Å²) in [6.07, 6.45) is 5.60. The first-order valence-corrected chi connectivity index (χ1v) is 9.87. The summed E-state index contributed by atoms with van der Waals surface area (Å²) in [5, 5.41) is 2.77. The third-order valence-electron chi connectivity index (χ3n) is 5.11.